The van der Waals surface area contributed by atoms with E-state index in [0.29, 0.717) is 18.5 Å². The topological polar surface area (TPSA) is 104 Å². The van der Waals surface area contributed by atoms with Gasteiger partial charge in [0, 0.05) is 17.0 Å². The summed E-state index contributed by atoms with van der Waals surface area (Å²) in [5, 5.41) is 18.1. The van der Waals surface area contributed by atoms with E-state index in [4.69, 9.17) is 15.9 Å². The van der Waals surface area contributed by atoms with E-state index < -0.39 is 12.1 Å². The highest BCUT2D eigenvalue weighted by Gasteiger charge is 2.28. The van der Waals surface area contributed by atoms with Gasteiger partial charge in [-0.15, -0.1) is 11.3 Å². The van der Waals surface area contributed by atoms with Gasteiger partial charge in [0.15, 0.2) is 0 Å². The molecular weight excluding hydrogens is 232 g/mol. The number of nitrogen functional groups attached to an aromatic ring is 1. The molecule has 0 unspecified atom stereocenters. The molecule has 0 saturated heterocycles. The number of aromatic carboxylic acids is 1. The van der Waals surface area contributed by atoms with Gasteiger partial charge in [-0.2, -0.15) is 0 Å². The summed E-state index contributed by atoms with van der Waals surface area (Å²) >= 11 is 1.24. The summed E-state index contributed by atoms with van der Waals surface area (Å²) < 4.78 is 0. The lowest BCUT2D eigenvalue weighted by atomic mass is 10.0. The van der Waals surface area contributed by atoms with Crippen molar-refractivity contribution >= 4 is 28.4 Å². The molecule has 16 heavy (non-hydrogen) atoms. The highest BCUT2D eigenvalue weighted by molar-refractivity contribution is 7.16. The first-order valence-corrected chi connectivity index (χ1v) is 5.43. The monoisotopic (exact) mass is 242 g/mol. The van der Waals surface area contributed by atoms with Crippen LogP contribution in [0.5, 0.6) is 0 Å². The van der Waals surface area contributed by atoms with E-state index in [1.807, 2.05) is 0 Å². The average molecular weight is 242 g/mol. The zero-order valence-electron chi connectivity index (χ0n) is 8.27. The smallest absolute Gasteiger partial charge is 0.407 e. The third-order valence-corrected chi connectivity index (χ3v) is 3.68. The number of carboxylic acids is 1. The van der Waals surface area contributed by atoms with Crippen LogP contribution in [0.25, 0.3) is 0 Å². The van der Waals surface area contributed by atoms with E-state index in [1.54, 1.807) is 0 Å². The Balaban J connectivity index is 2.42. The van der Waals surface area contributed by atoms with Crippen molar-refractivity contribution in [3.8, 4) is 0 Å². The second-order valence-electron chi connectivity index (χ2n) is 3.50. The minimum absolute atomic E-state index is 0.0611. The fourth-order valence-electron chi connectivity index (χ4n) is 1.81. The molecule has 1 aliphatic heterocycles. The highest BCUT2D eigenvalue weighted by Crippen LogP contribution is 2.34. The molecule has 7 heteroatoms. The molecule has 0 fully saturated rings. The average Bonchev–Trinajstić information content (AvgIpc) is 2.51. The molecule has 1 aromatic heterocycles. The molecule has 1 aromatic rings. The molecule has 1 aliphatic rings. The van der Waals surface area contributed by atoms with Crippen LogP contribution in [-0.4, -0.2) is 33.7 Å². The number of thiophene rings is 1. The molecule has 0 spiro atoms. The third kappa shape index (κ3) is 1.58. The van der Waals surface area contributed by atoms with Gasteiger partial charge in [0.25, 0.3) is 0 Å². The van der Waals surface area contributed by atoms with Gasteiger partial charge in [0.1, 0.15) is 5.00 Å². The number of nitrogens with two attached hydrogens (primary N) is 1. The SMILES string of the molecule is Nc1sc2c(c1C(=O)O)CN(C(=O)O)CC2. The molecule has 6 nitrogen and oxygen atoms in total. The number of amides is 1. The van der Waals surface area contributed by atoms with Gasteiger partial charge in [-0.1, -0.05) is 0 Å². The van der Waals surface area contributed by atoms with Crippen molar-refractivity contribution in [3.63, 3.8) is 0 Å². The lowest BCUT2D eigenvalue weighted by molar-refractivity contribution is 0.0694. The first-order valence-electron chi connectivity index (χ1n) is 4.62. The number of fused-ring (bicyclic) bond motifs is 1. The fraction of sp³-hybridized carbons (Fsp3) is 0.333. The zero-order chi connectivity index (χ0) is 11.9. The molecular formula is C9H10N2O4S. The van der Waals surface area contributed by atoms with Gasteiger partial charge >= 0.3 is 12.1 Å². The molecule has 0 aliphatic carbocycles. The Morgan fingerprint density at radius 3 is 2.62 bits per heavy atom. The highest BCUT2D eigenvalue weighted by atomic mass is 32.1. The van der Waals surface area contributed by atoms with Crippen molar-refractivity contribution in [2.75, 3.05) is 12.3 Å². The van der Waals surface area contributed by atoms with Gasteiger partial charge in [-0.25, -0.2) is 9.59 Å². The van der Waals surface area contributed by atoms with Gasteiger partial charge in [-0.3, -0.25) is 0 Å². The standard InChI is InChI=1S/C9H10N2O4S/c10-7-6(8(12)13)4-3-11(9(14)15)2-1-5(4)16-7/h1-3,10H2,(H,12,13)(H,14,15). The summed E-state index contributed by atoms with van der Waals surface area (Å²) in [6.45, 7) is 0.501. The quantitative estimate of drug-likeness (QED) is 0.683. The van der Waals surface area contributed by atoms with Gasteiger partial charge in [-0.05, 0) is 6.42 Å². The number of anilines is 1. The second kappa shape index (κ2) is 3.67. The lowest BCUT2D eigenvalue weighted by Gasteiger charge is -2.24. The van der Waals surface area contributed by atoms with Crippen molar-refractivity contribution in [2.24, 2.45) is 0 Å². The van der Waals surface area contributed by atoms with E-state index in [-0.39, 0.29) is 17.1 Å². The molecule has 0 atom stereocenters. The number of rotatable bonds is 1. The summed E-state index contributed by atoms with van der Waals surface area (Å²) in [5.74, 6) is -1.10. The van der Waals surface area contributed by atoms with Crippen molar-refractivity contribution < 1.29 is 19.8 Å². The summed E-state index contributed by atoms with van der Waals surface area (Å²) in [4.78, 5) is 23.9. The summed E-state index contributed by atoms with van der Waals surface area (Å²) in [6.07, 6.45) is -0.504. The number of carbonyl (C=O) groups is 2. The maximum atomic E-state index is 11.0. The Morgan fingerprint density at radius 1 is 1.38 bits per heavy atom. The van der Waals surface area contributed by atoms with Gasteiger partial charge < -0.3 is 20.8 Å². The predicted octanol–water partition coefficient (Wildman–Crippen LogP) is 1.06. The van der Waals surface area contributed by atoms with Crippen LogP contribution in [0.15, 0.2) is 0 Å². The Morgan fingerprint density at radius 2 is 2.06 bits per heavy atom. The largest absolute Gasteiger partial charge is 0.478 e. The van der Waals surface area contributed by atoms with E-state index in [0.717, 1.165) is 4.88 Å². The molecule has 0 bridgehead atoms. The minimum atomic E-state index is -1.10. The van der Waals surface area contributed by atoms with E-state index in [2.05, 4.69) is 0 Å². The van der Waals surface area contributed by atoms with Crippen LogP contribution in [0.4, 0.5) is 9.80 Å². The summed E-state index contributed by atoms with van der Waals surface area (Å²) in [5.41, 5.74) is 6.22. The van der Waals surface area contributed by atoms with Crippen molar-refractivity contribution in [1.29, 1.82) is 0 Å². The summed E-state index contributed by atoms with van der Waals surface area (Å²) in [7, 11) is 0. The fourth-order valence-corrected chi connectivity index (χ4v) is 2.87. The summed E-state index contributed by atoms with van der Waals surface area (Å²) in [6, 6.07) is 0. The van der Waals surface area contributed by atoms with Crippen LogP contribution in [-0.2, 0) is 13.0 Å². The molecule has 1 amide bonds. The maximum absolute atomic E-state index is 11.0. The van der Waals surface area contributed by atoms with Crippen LogP contribution < -0.4 is 5.73 Å². The number of nitrogens with zero attached hydrogens (tertiary/aromatic N) is 1. The normalized spacial score (nSPS) is 14.6. The Labute approximate surface area is 94.9 Å². The van der Waals surface area contributed by atoms with Crippen molar-refractivity contribution in [3.05, 3.63) is 16.0 Å². The van der Waals surface area contributed by atoms with E-state index >= 15 is 0 Å². The lowest BCUT2D eigenvalue weighted by Crippen LogP contribution is -2.34. The Bertz CT molecular complexity index is 468. The molecule has 4 N–H and O–H groups in total. The molecule has 0 radical (unpaired) electrons. The zero-order valence-corrected chi connectivity index (χ0v) is 9.08. The number of hydrogen-bond acceptors (Lipinski definition) is 4. The van der Waals surface area contributed by atoms with Crippen LogP contribution in [0.2, 0.25) is 0 Å². The van der Waals surface area contributed by atoms with E-state index in [9.17, 15) is 9.59 Å². The van der Waals surface area contributed by atoms with Crippen LogP contribution in [0.1, 0.15) is 20.8 Å². The molecule has 86 valence electrons. The Kier molecular flexibility index (Phi) is 2.47. The maximum Gasteiger partial charge on any atom is 0.407 e. The predicted molar refractivity (Wildman–Crippen MR) is 57.8 cm³/mol. The minimum Gasteiger partial charge on any atom is -0.478 e. The van der Waals surface area contributed by atoms with Crippen LogP contribution in [0.3, 0.4) is 0 Å². The van der Waals surface area contributed by atoms with Crippen LogP contribution in [0, 0.1) is 0 Å². The van der Waals surface area contributed by atoms with Gasteiger partial charge in [0.05, 0.1) is 12.1 Å². The second-order valence-corrected chi connectivity index (χ2v) is 4.64. The number of carboxylic acid groups (broad SMARTS) is 2. The molecule has 0 aromatic carbocycles. The third-order valence-electron chi connectivity index (χ3n) is 2.56. The first kappa shape index (κ1) is 10.7. The molecule has 2 heterocycles. The van der Waals surface area contributed by atoms with Crippen molar-refractivity contribution in [1.82, 2.24) is 4.90 Å². The van der Waals surface area contributed by atoms with Gasteiger partial charge in [0.2, 0.25) is 0 Å². The van der Waals surface area contributed by atoms with Crippen LogP contribution >= 0.6 is 11.3 Å². The molecule has 0 saturated carbocycles. The Hall–Kier alpha value is -1.76. The van der Waals surface area contributed by atoms with E-state index in [1.165, 1.54) is 16.2 Å². The first-order chi connectivity index (χ1) is 7.50. The molecule has 2 rings (SSSR count). The van der Waals surface area contributed by atoms with Crippen molar-refractivity contribution in [2.45, 2.75) is 13.0 Å². The number of hydrogen-bond donors (Lipinski definition) is 3.